The Bertz CT molecular complexity index is 457. The van der Waals surface area contributed by atoms with Gasteiger partial charge in [0, 0.05) is 12.0 Å². The number of aliphatic carboxylic acids is 1. The highest BCUT2D eigenvalue weighted by Crippen LogP contribution is 2.21. The lowest BCUT2D eigenvalue weighted by molar-refractivity contribution is -0.137. The number of Topliss-reactive ketones (excluding diaryl/α,β-unsaturated/α-hetero) is 1. The molecule has 1 aromatic carbocycles. The molecule has 0 aliphatic rings. The van der Waals surface area contributed by atoms with Gasteiger partial charge in [-0.3, -0.25) is 9.59 Å². The van der Waals surface area contributed by atoms with Crippen molar-refractivity contribution in [3.05, 3.63) is 34.4 Å². The second kappa shape index (κ2) is 6.01. The monoisotopic (exact) mass is 268 g/mol. The first-order valence-corrected chi connectivity index (χ1v) is 6.24. The maximum Gasteiger partial charge on any atom is 0.303 e. The van der Waals surface area contributed by atoms with Gasteiger partial charge < -0.3 is 5.11 Å². The lowest BCUT2D eigenvalue weighted by Crippen LogP contribution is -2.18. The van der Waals surface area contributed by atoms with E-state index in [0.29, 0.717) is 5.56 Å². The zero-order valence-corrected chi connectivity index (χ0v) is 11.5. The molecule has 1 aromatic rings. The van der Waals surface area contributed by atoms with Crippen LogP contribution in [0.4, 0.5) is 0 Å². The molecular weight excluding hydrogens is 252 g/mol. The SMILES string of the molecule is Cc1cc(C)c(C(=O)C(Cl)CCC(=O)O)c(C)c1. The smallest absolute Gasteiger partial charge is 0.303 e. The fourth-order valence-electron chi connectivity index (χ4n) is 2.11. The van der Waals surface area contributed by atoms with Gasteiger partial charge in [0.05, 0.1) is 5.38 Å². The van der Waals surface area contributed by atoms with Gasteiger partial charge in [-0.15, -0.1) is 11.6 Å². The Kier molecular flexibility index (Phi) is 4.91. The summed E-state index contributed by atoms with van der Waals surface area (Å²) in [5.74, 6) is -1.13. The third-order valence-corrected chi connectivity index (χ3v) is 3.24. The maximum absolute atomic E-state index is 12.2. The van der Waals surface area contributed by atoms with E-state index in [9.17, 15) is 9.59 Å². The molecule has 1 atom stereocenters. The van der Waals surface area contributed by atoms with E-state index in [4.69, 9.17) is 16.7 Å². The van der Waals surface area contributed by atoms with Crippen LogP contribution in [0.15, 0.2) is 12.1 Å². The predicted molar refractivity (Wildman–Crippen MR) is 71.5 cm³/mol. The summed E-state index contributed by atoms with van der Waals surface area (Å²) < 4.78 is 0. The minimum absolute atomic E-state index is 0.0934. The quantitative estimate of drug-likeness (QED) is 0.659. The number of aryl methyl sites for hydroxylation is 3. The van der Waals surface area contributed by atoms with E-state index in [2.05, 4.69) is 0 Å². The molecule has 0 fully saturated rings. The van der Waals surface area contributed by atoms with Gasteiger partial charge in [0.25, 0.3) is 0 Å². The molecule has 1 rings (SSSR count). The van der Waals surface area contributed by atoms with E-state index >= 15 is 0 Å². The van der Waals surface area contributed by atoms with Crippen molar-refractivity contribution in [2.45, 2.75) is 39.0 Å². The van der Waals surface area contributed by atoms with Crippen molar-refractivity contribution in [2.75, 3.05) is 0 Å². The Labute approximate surface area is 112 Å². The van der Waals surface area contributed by atoms with E-state index in [1.165, 1.54) is 0 Å². The van der Waals surface area contributed by atoms with Crippen molar-refractivity contribution < 1.29 is 14.7 Å². The van der Waals surface area contributed by atoms with Gasteiger partial charge in [-0.05, 0) is 38.3 Å². The molecule has 1 N–H and O–H groups in total. The Morgan fingerprint density at radius 2 is 1.72 bits per heavy atom. The Hall–Kier alpha value is -1.35. The Morgan fingerprint density at radius 1 is 1.22 bits per heavy atom. The fraction of sp³-hybridized carbons (Fsp3) is 0.429. The van der Waals surface area contributed by atoms with Gasteiger partial charge in [0.15, 0.2) is 5.78 Å². The van der Waals surface area contributed by atoms with E-state index in [0.717, 1.165) is 16.7 Å². The van der Waals surface area contributed by atoms with Gasteiger partial charge in [0.2, 0.25) is 0 Å². The second-order valence-corrected chi connectivity index (χ2v) is 5.06. The number of ketones is 1. The van der Waals surface area contributed by atoms with Crippen LogP contribution in [0.1, 0.15) is 39.9 Å². The summed E-state index contributed by atoms with van der Waals surface area (Å²) in [7, 11) is 0. The zero-order chi connectivity index (χ0) is 13.9. The van der Waals surface area contributed by atoms with Crippen LogP contribution in [0.3, 0.4) is 0 Å². The van der Waals surface area contributed by atoms with E-state index < -0.39 is 11.3 Å². The molecule has 0 saturated heterocycles. The highest BCUT2D eigenvalue weighted by atomic mass is 35.5. The zero-order valence-electron chi connectivity index (χ0n) is 10.8. The molecule has 3 nitrogen and oxygen atoms in total. The first-order chi connectivity index (χ1) is 8.32. The standard InChI is InChI=1S/C14H17ClO3/c1-8-6-9(2)13(10(3)7-8)14(18)11(15)4-5-12(16)17/h6-7,11H,4-5H2,1-3H3,(H,16,17). The first-order valence-electron chi connectivity index (χ1n) is 5.81. The number of hydrogen-bond acceptors (Lipinski definition) is 2. The third-order valence-electron chi connectivity index (χ3n) is 2.82. The summed E-state index contributed by atoms with van der Waals surface area (Å²) in [4.78, 5) is 22.7. The molecule has 0 bridgehead atoms. The number of alkyl halides is 1. The summed E-state index contributed by atoms with van der Waals surface area (Å²) in [6, 6.07) is 3.86. The molecule has 0 aromatic heterocycles. The normalized spacial score (nSPS) is 12.2. The molecule has 0 radical (unpaired) electrons. The fourth-order valence-corrected chi connectivity index (χ4v) is 2.32. The average Bonchev–Trinajstić information content (AvgIpc) is 2.24. The first kappa shape index (κ1) is 14.7. The van der Waals surface area contributed by atoms with Crippen molar-refractivity contribution >= 4 is 23.4 Å². The minimum atomic E-state index is -0.939. The van der Waals surface area contributed by atoms with E-state index in [-0.39, 0.29) is 18.6 Å². The minimum Gasteiger partial charge on any atom is -0.481 e. The number of carbonyl (C=O) groups is 2. The molecule has 0 amide bonds. The summed E-state index contributed by atoms with van der Waals surface area (Å²) in [5, 5.41) is 7.81. The molecule has 4 heteroatoms. The van der Waals surface area contributed by atoms with Crippen LogP contribution in [0.5, 0.6) is 0 Å². The van der Waals surface area contributed by atoms with Gasteiger partial charge in [0.1, 0.15) is 0 Å². The second-order valence-electron chi connectivity index (χ2n) is 4.54. The number of benzene rings is 1. The summed E-state index contributed by atoms with van der Waals surface area (Å²) in [5.41, 5.74) is 3.49. The number of halogens is 1. The number of rotatable bonds is 5. The highest BCUT2D eigenvalue weighted by Gasteiger charge is 2.21. The molecule has 0 saturated carbocycles. The van der Waals surface area contributed by atoms with Crippen LogP contribution in [0, 0.1) is 20.8 Å². The van der Waals surface area contributed by atoms with Gasteiger partial charge in [-0.25, -0.2) is 0 Å². The molecule has 98 valence electrons. The molecule has 1 unspecified atom stereocenters. The molecule has 0 aliphatic heterocycles. The number of carboxylic acids is 1. The lowest BCUT2D eigenvalue weighted by Gasteiger charge is -2.13. The molecular formula is C14H17ClO3. The van der Waals surface area contributed by atoms with Gasteiger partial charge in [-0.1, -0.05) is 17.7 Å². The molecule has 0 aliphatic carbocycles. The van der Waals surface area contributed by atoms with Crippen LogP contribution in [-0.2, 0) is 4.79 Å². The summed E-state index contributed by atoms with van der Waals surface area (Å²) in [6.45, 7) is 5.71. The van der Waals surface area contributed by atoms with E-state index in [1.807, 2.05) is 32.9 Å². The Morgan fingerprint density at radius 3 is 2.17 bits per heavy atom. The molecule has 0 spiro atoms. The summed E-state index contributed by atoms with van der Waals surface area (Å²) >= 11 is 5.98. The van der Waals surface area contributed by atoms with Crippen molar-refractivity contribution in [1.29, 1.82) is 0 Å². The van der Waals surface area contributed by atoms with Crippen molar-refractivity contribution in [2.24, 2.45) is 0 Å². The third kappa shape index (κ3) is 3.57. The van der Waals surface area contributed by atoms with Crippen molar-refractivity contribution in [3.8, 4) is 0 Å². The Balaban J connectivity index is 2.93. The molecule has 18 heavy (non-hydrogen) atoms. The van der Waals surface area contributed by atoms with Crippen molar-refractivity contribution in [3.63, 3.8) is 0 Å². The van der Waals surface area contributed by atoms with E-state index in [1.54, 1.807) is 0 Å². The highest BCUT2D eigenvalue weighted by molar-refractivity contribution is 6.34. The predicted octanol–water partition coefficient (Wildman–Crippen LogP) is 3.27. The van der Waals surface area contributed by atoms with Crippen LogP contribution in [-0.4, -0.2) is 22.2 Å². The maximum atomic E-state index is 12.2. The largest absolute Gasteiger partial charge is 0.481 e. The topological polar surface area (TPSA) is 54.4 Å². The van der Waals surface area contributed by atoms with Gasteiger partial charge >= 0.3 is 5.97 Å². The van der Waals surface area contributed by atoms with Crippen LogP contribution >= 0.6 is 11.6 Å². The number of hydrogen-bond donors (Lipinski definition) is 1. The number of carbonyl (C=O) groups excluding carboxylic acids is 1. The average molecular weight is 269 g/mol. The van der Waals surface area contributed by atoms with Crippen LogP contribution < -0.4 is 0 Å². The van der Waals surface area contributed by atoms with Crippen LogP contribution in [0.25, 0.3) is 0 Å². The van der Waals surface area contributed by atoms with Crippen LogP contribution in [0.2, 0.25) is 0 Å². The number of carboxylic acid groups (broad SMARTS) is 1. The molecule has 0 heterocycles. The lowest BCUT2D eigenvalue weighted by atomic mass is 9.94. The summed E-state index contributed by atoms with van der Waals surface area (Å²) in [6.07, 6.45) is 0.0618. The van der Waals surface area contributed by atoms with Gasteiger partial charge in [-0.2, -0.15) is 0 Å². The van der Waals surface area contributed by atoms with Crippen molar-refractivity contribution in [1.82, 2.24) is 0 Å².